The van der Waals surface area contributed by atoms with Crippen molar-refractivity contribution in [1.29, 1.82) is 0 Å². The Kier molecular flexibility index (Phi) is 4.85. The lowest BCUT2D eigenvalue weighted by Crippen LogP contribution is -2.15. The van der Waals surface area contributed by atoms with Crippen molar-refractivity contribution in [3.05, 3.63) is 74.5 Å². The summed E-state index contributed by atoms with van der Waals surface area (Å²) in [5.41, 5.74) is 3.68. The molecule has 0 unspecified atom stereocenters. The predicted molar refractivity (Wildman–Crippen MR) is 104 cm³/mol. The number of rotatable bonds is 4. The molecule has 1 aliphatic heterocycles. The zero-order chi connectivity index (χ0) is 20.5. The summed E-state index contributed by atoms with van der Waals surface area (Å²) in [6, 6.07) is 10.1. The van der Waals surface area contributed by atoms with E-state index in [0.717, 1.165) is 5.56 Å². The standard InChI is InChI=1S/C21H18N2O6/c1-12-3-4-19-17(5-12)18(6-13(2)22-19)21(24)28-10-15-8-16(23(25)26)7-14-9-27-11-29-20(14)15/h3-8H,9-11H2,1-2H3. The minimum atomic E-state index is -0.529. The lowest BCUT2D eigenvalue weighted by Gasteiger charge is -2.20. The highest BCUT2D eigenvalue weighted by Gasteiger charge is 2.22. The number of pyridine rings is 1. The molecule has 0 bridgehead atoms. The minimum absolute atomic E-state index is 0.0409. The summed E-state index contributed by atoms with van der Waals surface area (Å²) in [6.07, 6.45) is 0. The van der Waals surface area contributed by atoms with Crippen LogP contribution in [0.1, 0.15) is 32.7 Å². The molecular weight excluding hydrogens is 376 g/mol. The summed E-state index contributed by atoms with van der Waals surface area (Å²) in [7, 11) is 0. The van der Waals surface area contributed by atoms with E-state index in [4.69, 9.17) is 14.2 Å². The zero-order valence-corrected chi connectivity index (χ0v) is 15.9. The van der Waals surface area contributed by atoms with Gasteiger partial charge in [-0.3, -0.25) is 15.1 Å². The number of nitro benzene ring substituents is 1. The van der Waals surface area contributed by atoms with Crippen LogP contribution < -0.4 is 4.74 Å². The number of benzene rings is 2. The van der Waals surface area contributed by atoms with Crippen molar-refractivity contribution in [3.8, 4) is 5.75 Å². The summed E-state index contributed by atoms with van der Waals surface area (Å²) in [6.45, 7) is 3.83. The Morgan fingerprint density at radius 1 is 1.24 bits per heavy atom. The number of fused-ring (bicyclic) bond motifs is 2. The molecule has 4 rings (SSSR count). The first-order chi connectivity index (χ1) is 13.9. The molecule has 0 fully saturated rings. The highest BCUT2D eigenvalue weighted by atomic mass is 16.7. The number of ether oxygens (including phenoxy) is 3. The molecule has 148 valence electrons. The van der Waals surface area contributed by atoms with Gasteiger partial charge in [-0.05, 0) is 32.0 Å². The van der Waals surface area contributed by atoms with Gasteiger partial charge in [0.2, 0.25) is 0 Å². The van der Waals surface area contributed by atoms with Gasteiger partial charge in [0.05, 0.1) is 22.6 Å². The summed E-state index contributed by atoms with van der Waals surface area (Å²) in [5, 5.41) is 11.9. The molecule has 3 aromatic rings. The molecule has 0 N–H and O–H groups in total. The van der Waals surface area contributed by atoms with E-state index in [2.05, 4.69) is 4.98 Å². The van der Waals surface area contributed by atoms with Crippen molar-refractivity contribution < 1.29 is 23.9 Å². The fraction of sp³-hybridized carbons (Fsp3) is 0.238. The van der Waals surface area contributed by atoms with Crippen molar-refractivity contribution in [2.75, 3.05) is 6.79 Å². The highest BCUT2D eigenvalue weighted by molar-refractivity contribution is 6.03. The van der Waals surface area contributed by atoms with E-state index in [1.165, 1.54) is 12.1 Å². The Hall–Kier alpha value is -3.52. The molecule has 0 saturated carbocycles. The van der Waals surface area contributed by atoms with Gasteiger partial charge in [0.15, 0.2) is 6.79 Å². The van der Waals surface area contributed by atoms with Gasteiger partial charge in [-0.1, -0.05) is 11.6 Å². The summed E-state index contributed by atoms with van der Waals surface area (Å²) in [5.74, 6) is -0.0697. The van der Waals surface area contributed by atoms with Crippen molar-refractivity contribution in [2.45, 2.75) is 27.1 Å². The molecule has 2 heterocycles. The van der Waals surface area contributed by atoms with Crippen LogP contribution >= 0.6 is 0 Å². The molecule has 2 aromatic carbocycles. The van der Waals surface area contributed by atoms with Crippen LogP contribution in [0.25, 0.3) is 10.9 Å². The Balaban J connectivity index is 1.66. The normalized spacial score (nSPS) is 12.9. The number of carbonyl (C=O) groups excluding carboxylic acids is 1. The molecule has 29 heavy (non-hydrogen) atoms. The first-order valence-corrected chi connectivity index (χ1v) is 8.98. The highest BCUT2D eigenvalue weighted by Crippen LogP contribution is 2.33. The molecule has 1 aliphatic rings. The number of esters is 1. The number of carbonyl (C=O) groups is 1. The molecule has 0 atom stereocenters. The molecule has 0 spiro atoms. The van der Waals surface area contributed by atoms with E-state index in [1.807, 2.05) is 25.1 Å². The van der Waals surface area contributed by atoms with Crippen LogP contribution in [0.5, 0.6) is 5.75 Å². The van der Waals surface area contributed by atoms with Gasteiger partial charge in [-0.15, -0.1) is 0 Å². The van der Waals surface area contributed by atoms with Crippen molar-refractivity contribution in [3.63, 3.8) is 0 Å². The van der Waals surface area contributed by atoms with Crippen LogP contribution in [0.2, 0.25) is 0 Å². The molecule has 0 aliphatic carbocycles. The Morgan fingerprint density at radius 2 is 2.07 bits per heavy atom. The fourth-order valence-corrected chi connectivity index (χ4v) is 3.36. The van der Waals surface area contributed by atoms with Crippen molar-refractivity contribution in [1.82, 2.24) is 4.98 Å². The van der Waals surface area contributed by atoms with E-state index < -0.39 is 10.9 Å². The average Bonchev–Trinajstić information content (AvgIpc) is 2.71. The molecular formula is C21H18N2O6. The maximum absolute atomic E-state index is 12.8. The summed E-state index contributed by atoms with van der Waals surface area (Å²) in [4.78, 5) is 28.0. The third-order valence-corrected chi connectivity index (χ3v) is 4.65. The monoisotopic (exact) mass is 394 g/mol. The first-order valence-electron chi connectivity index (χ1n) is 8.98. The molecule has 8 heteroatoms. The van der Waals surface area contributed by atoms with Gasteiger partial charge >= 0.3 is 5.97 Å². The van der Waals surface area contributed by atoms with Crippen molar-refractivity contribution >= 4 is 22.6 Å². The van der Waals surface area contributed by atoms with Gasteiger partial charge < -0.3 is 14.2 Å². The van der Waals surface area contributed by atoms with E-state index >= 15 is 0 Å². The van der Waals surface area contributed by atoms with Crippen molar-refractivity contribution in [2.24, 2.45) is 0 Å². The first kappa shape index (κ1) is 18.8. The second-order valence-corrected chi connectivity index (χ2v) is 6.87. The molecule has 8 nitrogen and oxygen atoms in total. The number of nitrogens with zero attached hydrogens (tertiary/aromatic N) is 2. The molecule has 0 saturated heterocycles. The van der Waals surface area contributed by atoms with Crippen LogP contribution in [0.15, 0.2) is 36.4 Å². The largest absolute Gasteiger partial charge is 0.467 e. The van der Waals surface area contributed by atoms with E-state index in [-0.39, 0.29) is 25.7 Å². The van der Waals surface area contributed by atoms with Gasteiger partial charge in [0.25, 0.3) is 5.69 Å². The van der Waals surface area contributed by atoms with Gasteiger partial charge in [-0.2, -0.15) is 0 Å². The maximum atomic E-state index is 12.8. The summed E-state index contributed by atoms with van der Waals surface area (Å²) >= 11 is 0. The predicted octanol–water partition coefficient (Wildman–Crippen LogP) is 3.98. The smallest absolute Gasteiger partial charge is 0.339 e. The number of aryl methyl sites for hydroxylation is 2. The van der Waals surface area contributed by atoms with Gasteiger partial charge in [-0.25, -0.2) is 4.79 Å². The lowest BCUT2D eigenvalue weighted by atomic mass is 10.1. The van der Waals surface area contributed by atoms with Crippen LogP contribution in [0, 0.1) is 24.0 Å². The third-order valence-electron chi connectivity index (χ3n) is 4.65. The van der Waals surface area contributed by atoms with E-state index in [0.29, 0.717) is 39.0 Å². The molecule has 0 amide bonds. The number of non-ortho nitro benzene ring substituents is 1. The number of nitro groups is 1. The Morgan fingerprint density at radius 3 is 2.86 bits per heavy atom. The van der Waals surface area contributed by atoms with Crippen LogP contribution in [0.3, 0.4) is 0 Å². The molecule has 0 radical (unpaired) electrons. The number of aromatic nitrogens is 1. The molecule has 1 aromatic heterocycles. The quantitative estimate of drug-likeness (QED) is 0.375. The minimum Gasteiger partial charge on any atom is -0.467 e. The zero-order valence-electron chi connectivity index (χ0n) is 15.9. The second kappa shape index (κ2) is 7.48. The summed E-state index contributed by atoms with van der Waals surface area (Å²) < 4.78 is 16.2. The number of hydrogen-bond donors (Lipinski definition) is 0. The van der Waals surface area contributed by atoms with Crippen LogP contribution in [-0.2, 0) is 22.7 Å². The Bertz CT molecular complexity index is 1140. The van der Waals surface area contributed by atoms with Gasteiger partial charge in [0, 0.05) is 34.3 Å². The lowest BCUT2D eigenvalue weighted by molar-refractivity contribution is -0.385. The maximum Gasteiger partial charge on any atom is 0.339 e. The SMILES string of the molecule is Cc1ccc2nc(C)cc(C(=O)OCc3cc([N+](=O)[O-])cc4c3OCOC4)c2c1. The van der Waals surface area contributed by atoms with E-state index in [1.54, 1.807) is 13.0 Å². The van der Waals surface area contributed by atoms with E-state index in [9.17, 15) is 14.9 Å². The van der Waals surface area contributed by atoms with Gasteiger partial charge in [0.1, 0.15) is 12.4 Å². The third kappa shape index (κ3) is 3.74. The van der Waals surface area contributed by atoms with Crippen LogP contribution in [0.4, 0.5) is 5.69 Å². The topological polar surface area (TPSA) is 101 Å². The number of hydrogen-bond acceptors (Lipinski definition) is 7. The fourth-order valence-electron chi connectivity index (χ4n) is 3.36. The Labute approximate surface area is 166 Å². The van der Waals surface area contributed by atoms with Crippen LogP contribution in [-0.4, -0.2) is 22.7 Å². The second-order valence-electron chi connectivity index (χ2n) is 6.87. The average molecular weight is 394 g/mol.